The van der Waals surface area contributed by atoms with E-state index in [1.54, 1.807) is 16.7 Å². The molecule has 0 unspecified atom stereocenters. The summed E-state index contributed by atoms with van der Waals surface area (Å²) in [5.41, 5.74) is 6.95. The van der Waals surface area contributed by atoms with Crippen molar-refractivity contribution in [2.75, 3.05) is 13.1 Å². The molecule has 19 heavy (non-hydrogen) atoms. The maximum atomic E-state index is 11.8. The Morgan fingerprint density at radius 2 is 2.16 bits per heavy atom. The molecule has 2 rings (SSSR count). The third-order valence-corrected chi connectivity index (χ3v) is 4.21. The van der Waals surface area contributed by atoms with Gasteiger partial charge in [-0.25, -0.2) is 9.97 Å². The molecular formula is C12H16N4OS2. The summed E-state index contributed by atoms with van der Waals surface area (Å²) >= 11 is 3.10. The molecule has 0 saturated carbocycles. The van der Waals surface area contributed by atoms with Crippen molar-refractivity contribution >= 4 is 28.6 Å². The molecule has 0 bridgehead atoms. The molecule has 1 amide bonds. The fourth-order valence-electron chi connectivity index (χ4n) is 1.57. The lowest BCUT2D eigenvalue weighted by molar-refractivity contribution is 0.0949. The molecular weight excluding hydrogens is 280 g/mol. The van der Waals surface area contributed by atoms with E-state index < -0.39 is 0 Å². The van der Waals surface area contributed by atoms with Gasteiger partial charge in [-0.15, -0.1) is 22.7 Å². The highest BCUT2D eigenvalue weighted by Crippen LogP contribution is 2.10. The van der Waals surface area contributed by atoms with E-state index in [2.05, 4.69) is 15.3 Å². The van der Waals surface area contributed by atoms with Crippen molar-refractivity contribution in [2.24, 2.45) is 5.73 Å². The largest absolute Gasteiger partial charge is 0.350 e. The topological polar surface area (TPSA) is 80.9 Å². The minimum atomic E-state index is -0.133. The van der Waals surface area contributed by atoms with Crippen molar-refractivity contribution in [3.05, 3.63) is 32.2 Å². The van der Waals surface area contributed by atoms with Gasteiger partial charge in [0.1, 0.15) is 5.69 Å². The quantitative estimate of drug-likeness (QED) is 0.844. The van der Waals surface area contributed by atoms with Crippen LogP contribution in [0.3, 0.4) is 0 Å². The van der Waals surface area contributed by atoms with Crippen molar-refractivity contribution in [1.29, 1.82) is 0 Å². The number of aryl methyl sites for hydroxylation is 1. The molecule has 2 aromatic rings. The van der Waals surface area contributed by atoms with Crippen LogP contribution in [0.2, 0.25) is 0 Å². The van der Waals surface area contributed by atoms with E-state index in [0.717, 1.165) is 28.6 Å². The summed E-state index contributed by atoms with van der Waals surface area (Å²) in [7, 11) is 0. The number of nitrogens with one attached hydrogen (secondary N) is 1. The van der Waals surface area contributed by atoms with Crippen molar-refractivity contribution in [2.45, 2.75) is 19.8 Å². The van der Waals surface area contributed by atoms with Gasteiger partial charge in [-0.1, -0.05) is 0 Å². The third kappa shape index (κ3) is 4.09. The van der Waals surface area contributed by atoms with E-state index in [1.807, 2.05) is 12.3 Å². The number of carbonyl (C=O) groups is 1. The number of nitrogens with two attached hydrogens (primary N) is 1. The van der Waals surface area contributed by atoms with Crippen LogP contribution in [0, 0.1) is 6.92 Å². The second kappa shape index (κ2) is 6.74. The zero-order chi connectivity index (χ0) is 13.7. The number of rotatable bonds is 6. The van der Waals surface area contributed by atoms with Crippen LogP contribution >= 0.6 is 22.7 Å². The molecule has 2 aromatic heterocycles. The minimum Gasteiger partial charge on any atom is -0.350 e. The molecule has 7 heteroatoms. The molecule has 0 aromatic carbocycles. The Balaban J connectivity index is 1.80. The van der Waals surface area contributed by atoms with Crippen LogP contribution in [-0.4, -0.2) is 29.0 Å². The molecule has 3 N–H and O–H groups in total. The summed E-state index contributed by atoms with van der Waals surface area (Å²) in [6, 6.07) is 0. The summed E-state index contributed by atoms with van der Waals surface area (Å²) < 4.78 is 0. The second-order valence-electron chi connectivity index (χ2n) is 4.03. The van der Waals surface area contributed by atoms with Crippen molar-refractivity contribution < 1.29 is 4.79 Å². The summed E-state index contributed by atoms with van der Waals surface area (Å²) in [4.78, 5) is 20.4. The fourth-order valence-corrected chi connectivity index (χ4v) is 3.01. The van der Waals surface area contributed by atoms with Crippen LogP contribution < -0.4 is 11.1 Å². The number of hydrogen-bond acceptors (Lipinski definition) is 6. The van der Waals surface area contributed by atoms with Gasteiger partial charge >= 0.3 is 0 Å². The molecule has 0 saturated heterocycles. The lowest BCUT2D eigenvalue weighted by atomic mass is 10.3. The summed E-state index contributed by atoms with van der Waals surface area (Å²) in [5, 5.41) is 8.59. The molecule has 2 heterocycles. The predicted octanol–water partition coefficient (Wildman–Crippen LogP) is 1.38. The zero-order valence-corrected chi connectivity index (χ0v) is 12.3. The Morgan fingerprint density at radius 1 is 1.32 bits per heavy atom. The first-order valence-electron chi connectivity index (χ1n) is 6.02. The maximum Gasteiger partial charge on any atom is 0.270 e. The molecule has 0 atom stereocenters. The maximum absolute atomic E-state index is 11.8. The van der Waals surface area contributed by atoms with Gasteiger partial charge in [0.2, 0.25) is 0 Å². The average molecular weight is 296 g/mol. The van der Waals surface area contributed by atoms with Crippen LogP contribution in [-0.2, 0) is 12.8 Å². The van der Waals surface area contributed by atoms with Crippen LogP contribution in [0.25, 0.3) is 0 Å². The van der Waals surface area contributed by atoms with Gasteiger partial charge in [-0.2, -0.15) is 0 Å². The molecule has 0 aliphatic rings. The number of thiazole rings is 2. The zero-order valence-electron chi connectivity index (χ0n) is 10.7. The SMILES string of the molecule is Cc1nc(CCNC(=O)c2csc(CCN)n2)cs1. The summed E-state index contributed by atoms with van der Waals surface area (Å²) in [6.07, 6.45) is 1.46. The van der Waals surface area contributed by atoms with E-state index in [-0.39, 0.29) is 5.91 Å². The highest BCUT2D eigenvalue weighted by atomic mass is 32.1. The van der Waals surface area contributed by atoms with E-state index in [1.165, 1.54) is 11.3 Å². The van der Waals surface area contributed by atoms with Crippen LogP contribution in [0.15, 0.2) is 10.8 Å². The molecule has 0 aliphatic carbocycles. The summed E-state index contributed by atoms with van der Waals surface area (Å²) in [5.74, 6) is -0.133. The van der Waals surface area contributed by atoms with Crippen molar-refractivity contribution in [3.8, 4) is 0 Å². The first-order valence-corrected chi connectivity index (χ1v) is 7.78. The lowest BCUT2D eigenvalue weighted by Gasteiger charge is -2.01. The number of nitrogens with zero attached hydrogens (tertiary/aromatic N) is 2. The molecule has 0 aliphatic heterocycles. The van der Waals surface area contributed by atoms with Gasteiger partial charge in [0, 0.05) is 30.1 Å². The average Bonchev–Trinajstić information content (AvgIpc) is 2.99. The Kier molecular flexibility index (Phi) is 5.00. The van der Waals surface area contributed by atoms with Crippen molar-refractivity contribution in [1.82, 2.24) is 15.3 Å². The third-order valence-electron chi connectivity index (χ3n) is 2.48. The minimum absolute atomic E-state index is 0.133. The number of aromatic nitrogens is 2. The molecule has 0 fully saturated rings. The van der Waals surface area contributed by atoms with Crippen LogP contribution in [0.5, 0.6) is 0 Å². The molecule has 102 valence electrons. The van der Waals surface area contributed by atoms with E-state index in [4.69, 9.17) is 5.73 Å². The van der Waals surface area contributed by atoms with Crippen LogP contribution in [0.4, 0.5) is 0 Å². The van der Waals surface area contributed by atoms with E-state index in [9.17, 15) is 4.79 Å². The molecule has 5 nitrogen and oxygen atoms in total. The van der Waals surface area contributed by atoms with E-state index >= 15 is 0 Å². The highest BCUT2D eigenvalue weighted by molar-refractivity contribution is 7.10. The van der Waals surface area contributed by atoms with Gasteiger partial charge in [0.05, 0.1) is 15.7 Å². The predicted molar refractivity (Wildman–Crippen MR) is 77.8 cm³/mol. The lowest BCUT2D eigenvalue weighted by Crippen LogP contribution is -2.26. The van der Waals surface area contributed by atoms with E-state index in [0.29, 0.717) is 18.8 Å². The first-order chi connectivity index (χ1) is 9.19. The monoisotopic (exact) mass is 296 g/mol. The Hall–Kier alpha value is -1.31. The Labute approximate surface area is 119 Å². The van der Waals surface area contributed by atoms with Crippen molar-refractivity contribution in [3.63, 3.8) is 0 Å². The normalized spacial score (nSPS) is 10.6. The van der Waals surface area contributed by atoms with Crippen LogP contribution in [0.1, 0.15) is 26.2 Å². The molecule has 0 radical (unpaired) electrons. The number of carbonyl (C=O) groups excluding carboxylic acids is 1. The second-order valence-corrected chi connectivity index (χ2v) is 6.03. The van der Waals surface area contributed by atoms with Gasteiger partial charge in [-0.3, -0.25) is 4.79 Å². The first kappa shape index (κ1) is 14.1. The molecule has 0 spiro atoms. The van der Waals surface area contributed by atoms with Gasteiger partial charge in [0.15, 0.2) is 0 Å². The standard InChI is InChI=1S/C12H16N4OS2/c1-8-15-9(6-18-8)3-5-14-12(17)10-7-19-11(16-10)2-4-13/h6-7H,2-5,13H2,1H3,(H,14,17). The van der Waals surface area contributed by atoms with Gasteiger partial charge in [0.25, 0.3) is 5.91 Å². The number of amides is 1. The summed E-state index contributed by atoms with van der Waals surface area (Å²) in [6.45, 7) is 3.10. The Morgan fingerprint density at radius 3 is 2.84 bits per heavy atom. The smallest absolute Gasteiger partial charge is 0.270 e. The Bertz CT molecular complexity index is 549. The number of hydrogen-bond donors (Lipinski definition) is 2. The fraction of sp³-hybridized carbons (Fsp3) is 0.417. The van der Waals surface area contributed by atoms with Gasteiger partial charge in [-0.05, 0) is 13.5 Å². The van der Waals surface area contributed by atoms with Gasteiger partial charge < -0.3 is 11.1 Å². The highest BCUT2D eigenvalue weighted by Gasteiger charge is 2.10.